The van der Waals surface area contributed by atoms with Gasteiger partial charge in [-0.15, -0.1) is 0 Å². The summed E-state index contributed by atoms with van der Waals surface area (Å²) in [6.07, 6.45) is 2.80. The fourth-order valence-corrected chi connectivity index (χ4v) is 1.67. The number of esters is 1. The van der Waals surface area contributed by atoms with E-state index >= 15 is 0 Å². The SMILES string of the molecule is CC(C)(C)OC(=O)CCCc1c(N)ncnc1Cl. The third-order valence-corrected chi connectivity index (χ3v) is 2.48. The number of anilines is 1. The number of nitrogens with two attached hydrogens (primary N) is 1. The molecule has 2 N–H and O–H groups in total. The molecule has 0 atom stereocenters. The largest absolute Gasteiger partial charge is 0.460 e. The van der Waals surface area contributed by atoms with E-state index in [1.807, 2.05) is 20.8 Å². The van der Waals surface area contributed by atoms with Gasteiger partial charge in [0.1, 0.15) is 22.9 Å². The maximum absolute atomic E-state index is 11.5. The van der Waals surface area contributed by atoms with Crippen LogP contribution in [0.25, 0.3) is 0 Å². The maximum Gasteiger partial charge on any atom is 0.306 e. The molecule has 0 bridgehead atoms. The standard InChI is InChI=1S/C12H18ClN3O2/c1-12(2,3)18-9(17)6-4-5-8-10(13)15-7-16-11(8)14/h7H,4-6H2,1-3H3,(H2,14,15,16). The van der Waals surface area contributed by atoms with Gasteiger partial charge in [-0.3, -0.25) is 4.79 Å². The average molecular weight is 272 g/mol. The number of carbonyl (C=O) groups excluding carboxylic acids is 1. The van der Waals surface area contributed by atoms with Gasteiger partial charge in [0.05, 0.1) is 0 Å². The topological polar surface area (TPSA) is 78.1 Å². The number of carbonyl (C=O) groups is 1. The van der Waals surface area contributed by atoms with E-state index in [1.54, 1.807) is 0 Å². The summed E-state index contributed by atoms with van der Waals surface area (Å²) in [5.41, 5.74) is 5.92. The van der Waals surface area contributed by atoms with Crippen molar-refractivity contribution in [3.63, 3.8) is 0 Å². The first kappa shape index (κ1) is 14.7. The first-order chi connectivity index (χ1) is 8.29. The summed E-state index contributed by atoms with van der Waals surface area (Å²) >= 11 is 5.90. The quantitative estimate of drug-likeness (QED) is 0.672. The van der Waals surface area contributed by atoms with Crippen LogP contribution in [0.4, 0.5) is 5.82 Å². The van der Waals surface area contributed by atoms with Gasteiger partial charge in [0.2, 0.25) is 0 Å². The molecule has 0 spiro atoms. The lowest BCUT2D eigenvalue weighted by Crippen LogP contribution is -2.23. The highest BCUT2D eigenvalue weighted by Gasteiger charge is 2.16. The molecule has 0 unspecified atom stereocenters. The molecule has 1 aromatic heterocycles. The number of hydrogen-bond acceptors (Lipinski definition) is 5. The first-order valence-electron chi connectivity index (χ1n) is 5.76. The second-order valence-corrected chi connectivity index (χ2v) is 5.33. The molecule has 1 heterocycles. The Balaban J connectivity index is 2.45. The summed E-state index contributed by atoms with van der Waals surface area (Å²) in [6.45, 7) is 5.51. The van der Waals surface area contributed by atoms with Crippen LogP contribution in [0, 0.1) is 0 Å². The third kappa shape index (κ3) is 4.87. The second kappa shape index (κ2) is 6.00. The fourth-order valence-electron chi connectivity index (χ4n) is 1.44. The lowest BCUT2D eigenvalue weighted by Gasteiger charge is -2.19. The zero-order valence-corrected chi connectivity index (χ0v) is 11.6. The molecule has 0 aliphatic rings. The van der Waals surface area contributed by atoms with Gasteiger partial charge >= 0.3 is 5.97 Å². The Bertz CT molecular complexity index is 410. The van der Waals surface area contributed by atoms with Crippen molar-refractivity contribution in [1.29, 1.82) is 0 Å². The van der Waals surface area contributed by atoms with Gasteiger partial charge in [0, 0.05) is 12.0 Å². The van der Waals surface area contributed by atoms with Gasteiger partial charge < -0.3 is 10.5 Å². The average Bonchev–Trinajstić information content (AvgIpc) is 2.19. The van der Waals surface area contributed by atoms with Crippen molar-refractivity contribution >= 4 is 23.4 Å². The molecule has 0 aliphatic heterocycles. The van der Waals surface area contributed by atoms with Crippen LogP contribution in [0.15, 0.2) is 6.33 Å². The van der Waals surface area contributed by atoms with Gasteiger partial charge in [-0.05, 0) is 33.6 Å². The van der Waals surface area contributed by atoms with Crippen molar-refractivity contribution in [2.45, 2.75) is 45.6 Å². The van der Waals surface area contributed by atoms with Crippen LogP contribution in [0.1, 0.15) is 39.2 Å². The van der Waals surface area contributed by atoms with Crippen molar-refractivity contribution in [1.82, 2.24) is 9.97 Å². The van der Waals surface area contributed by atoms with Crippen molar-refractivity contribution in [3.05, 3.63) is 17.0 Å². The van der Waals surface area contributed by atoms with Crippen LogP contribution in [-0.2, 0) is 16.0 Å². The highest BCUT2D eigenvalue weighted by molar-refractivity contribution is 6.30. The number of aromatic nitrogens is 2. The normalized spacial score (nSPS) is 11.3. The number of rotatable bonds is 4. The third-order valence-electron chi connectivity index (χ3n) is 2.15. The zero-order valence-electron chi connectivity index (χ0n) is 10.9. The molecule has 18 heavy (non-hydrogen) atoms. The van der Waals surface area contributed by atoms with Crippen LogP contribution < -0.4 is 5.73 Å². The Morgan fingerprint density at radius 3 is 2.67 bits per heavy atom. The van der Waals surface area contributed by atoms with Crippen LogP contribution in [0.5, 0.6) is 0 Å². The summed E-state index contributed by atoms with van der Waals surface area (Å²) in [5, 5.41) is 0.340. The maximum atomic E-state index is 11.5. The smallest absolute Gasteiger partial charge is 0.306 e. The number of hydrogen-bond donors (Lipinski definition) is 1. The predicted molar refractivity (Wildman–Crippen MR) is 70.2 cm³/mol. The van der Waals surface area contributed by atoms with E-state index in [9.17, 15) is 4.79 Å². The molecule has 0 amide bonds. The monoisotopic (exact) mass is 271 g/mol. The number of ether oxygens (including phenoxy) is 1. The molecular formula is C12H18ClN3O2. The summed E-state index contributed by atoms with van der Waals surface area (Å²) in [5.74, 6) is 0.133. The number of nitrogens with zero attached hydrogens (tertiary/aromatic N) is 2. The van der Waals surface area contributed by atoms with E-state index in [4.69, 9.17) is 22.1 Å². The highest BCUT2D eigenvalue weighted by atomic mass is 35.5. The van der Waals surface area contributed by atoms with Crippen LogP contribution in [-0.4, -0.2) is 21.5 Å². The van der Waals surface area contributed by atoms with Crippen molar-refractivity contribution in [2.24, 2.45) is 0 Å². The van der Waals surface area contributed by atoms with Gasteiger partial charge in [0.25, 0.3) is 0 Å². The minimum atomic E-state index is -0.455. The molecule has 100 valence electrons. The Morgan fingerprint density at radius 1 is 1.44 bits per heavy atom. The van der Waals surface area contributed by atoms with E-state index in [-0.39, 0.29) is 5.97 Å². The number of nitrogen functional groups attached to an aromatic ring is 1. The van der Waals surface area contributed by atoms with Gasteiger partial charge in [0.15, 0.2) is 0 Å². The molecular weight excluding hydrogens is 254 g/mol. The molecule has 6 heteroatoms. The Kier molecular flexibility index (Phi) is 4.90. The Hall–Kier alpha value is -1.36. The van der Waals surface area contributed by atoms with E-state index in [0.717, 1.165) is 0 Å². The Labute approximate surface area is 112 Å². The molecule has 0 fully saturated rings. The lowest BCUT2D eigenvalue weighted by molar-refractivity contribution is -0.154. The molecule has 0 aromatic carbocycles. The summed E-state index contributed by atoms with van der Waals surface area (Å²) < 4.78 is 5.20. The highest BCUT2D eigenvalue weighted by Crippen LogP contribution is 2.20. The molecule has 0 radical (unpaired) electrons. The molecule has 5 nitrogen and oxygen atoms in total. The zero-order chi connectivity index (χ0) is 13.8. The van der Waals surface area contributed by atoms with E-state index in [2.05, 4.69) is 9.97 Å². The minimum absolute atomic E-state index is 0.228. The minimum Gasteiger partial charge on any atom is -0.460 e. The first-order valence-corrected chi connectivity index (χ1v) is 6.14. The van der Waals surface area contributed by atoms with E-state index in [1.165, 1.54) is 6.33 Å². The van der Waals surface area contributed by atoms with E-state index < -0.39 is 5.60 Å². The summed E-state index contributed by atoms with van der Waals surface area (Å²) in [7, 11) is 0. The van der Waals surface area contributed by atoms with E-state index in [0.29, 0.717) is 35.8 Å². The molecule has 0 saturated heterocycles. The Morgan fingerprint density at radius 2 is 2.11 bits per heavy atom. The van der Waals surface area contributed by atoms with Crippen LogP contribution >= 0.6 is 11.6 Å². The summed E-state index contributed by atoms with van der Waals surface area (Å²) in [6, 6.07) is 0. The van der Waals surface area contributed by atoms with Gasteiger partial charge in [-0.1, -0.05) is 11.6 Å². The van der Waals surface area contributed by atoms with Crippen LogP contribution in [0.2, 0.25) is 5.15 Å². The van der Waals surface area contributed by atoms with Gasteiger partial charge in [-0.2, -0.15) is 0 Å². The molecule has 0 aliphatic carbocycles. The van der Waals surface area contributed by atoms with Crippen LogP contribution in [0.3, 0.4) is 0 Å². The summed E-state index contributed by atoms with van der Waals surface area (Å²) in [4.78, 5) is 19.2. The number of halogens is 1. The molecule has 1 aromatic rings. The predicted octanol–water partition coefficient (Wildman–Crippen LogP) is 2.38. The molecule has 0 saturated carbocycles. The second-order valence-electron chi connectivity index (χ2n) is 4.97. The van der Waals surface area contributed by atoms with Gasteiger partial charge in [-0.25, -0.2) is 9.97 Å². The fraction of sp³-hybridized carbons (Fsp3) is 0.583. The van der Waals surface area contributed by atoms with Crippen molar-refractivity contribution in [2.75, 3.05) is 5.73 Å². The van der Waals surface area contributed by atoms with Crippen molar-refractivity contribution in [3.8, 4) is 0 Å². The molecule has 1 rings (SSSR count). The van der Waals surface area contributed by atoms with Crippen molar-refractivity contribution < 1.29 is 9.53 Å². The lowest BCUT2D eigenvalue weighted by atomic mass is 10.1.